The third-order valence-electron chi connectivity index (χ3n) is 2.29. The summed E-state index contributed by atoms with van der Waals surface area (Å²) < 4.78 is 55.4. The Hall–Kier alpha value is -1.07. The first-order chi connectivity index (χ1) is 9.45. The van der Waals surface area contributed by atoms with E-state index in [0.29, 0.717) is 0 Å². The summed E-state index contributed by atoms with van der Waals surface area (Å²) in [6.07, 6.45) is 3.83. The maximum atomic E-state index is 11.6. The lowest BCUT2D eigenvalue weighted by Gasteiger charge is -2.11. The molecule has 0 heterocycles. The molecule has 0 aliphatic heterocycles. The number of hydrogen-bond donors (Lipinski definition) is 0. The van der Waals surface area contributed by atoms with E-state index in [4.69, 9.17) is 11.6 Å². The lowest BCUT2D eigenvalue weighted by molar-refractivity contribution is 0.521. The van der Waals surface area contributed by atoms with Crippen molar-refractivity contribution in [2.45, 2.75) is 0 Å². The van der Waals surface area contributed by atoms with Crippen LogP contribution in [0.2, 0.25) is 0 Å². The van der Waals surface area contributed by atoms with Gasteiger partial charge in [-0.3, -0.25) is 0 Å². The Labute approximate surface area is 129 Å². The van der Waals surface area contributed by atoms with E-state index < -0.39 is 20.4 Å². The van der Waals surface area contributed by atoms with Crippen LogP contribution in [0, 0.1) is 0 Å². The van der Waals surface area contributed by atoms with Crippen LogP contribution in [0.4, 0.5) is 0 Å². The molecule has 0 amide bonds. The summed E-state index contributed by atoms with van der Waals surface area (Å²) in [5, 5.41) is -0.0179. The second-order valence-electron chi connectivity index (χ2n) is 4.34. The first-order valence-electron chi connectivity index (χ1n) is 5.56. The number of nitrogens with zero attached hydrogens (tertiary/aromatic N) is 4. The van der Waals surface area contributed by atoms with Gasteiger partial charge >= 0.3 is 20.4 Å². The minimum atomic E-state index is -3.82. The van der Waals surface area contributed by atoms with Gasteiger partial charge in [-0.25, -0.2) is 0 Å². The van der Waals surface area contributed by atoms with Crippen molar-refractivity contribution in [2.75, 3.05) is 28.2 Å². The third-order valence-corrected chi connectivity index (χ3v) is 5.31. The summed E-state index contributed by atoms with van der Waals surface area (Å²) in [5.41, 5.74) is 0.0847. The molecule has 0 fully saturated rings. The van der Waals surface area contributed by atoms with E-state index >= 15 is 0 Å². The summed E-state index contributed by atoms with van der Waals surface area (Å²) in [6.45, 7) is 0. The highest BCUT2D eigenvalue weighted by molar-refractivity contribution is 7.88. The summed E-state index contributed by atoms with van der Waals surface area (Å²) in [4.78, 5) is 0. The minimum absolute atomic E-state index is 0.00608. The van der Waals surface area contributed by atoms with Crippen molar-refractivity contribution >= 4 is 43.4 Å². The van der Waals surface area contributed by atoms with Gasteiger partial charge < -0.3 is 0 Å². The smallest absolute Gasteiger partial charge is 0.189 e. The molecular weight excluding hydrogens is 340 g/mol. The van der Waals surface area contributed by atoms with Crippen LogP contribution in [-0.4, -0.2) is 65.1 Å². The van der Waals surface area contributed by atoms with Gasteiger partial charge in [-0.2, -0.15) is 29.8 Å². The van der Waals surface area contributed by atoms with Gasteiger partial charge in [-0.15, -0.1) is 4.40 Å². The van der Waals surface area contributed by atoms with E-state index in [-0.39, 0.29) is 16.5 Å². The van der Waals surface area contributed by atoms with Crippen molar-refractivity contribution in [3.05, 3.63) is 23.3 Å². The Morgan fingerprint density at radius 2 is 1.38 bits per heavy atom. The lowest BCUT2D eigenvalue weighted by Crippen LogP contribution is -2.22. The number of rotatable bonds is 4. The Morgan fingerprint density at radius 3 is 1.81 bits per heavy atom. The Balaban J connectivity index is 3.18. The molecule has 1 aliphatic rings. The number of allylic oxidation sites excluding steroid dienone is 4. The van der Waals surface area contributed by atoms with Crippen LogP contribution in [0.15, 0.2) is 32.1 Å². The van der Waals surface area contributed by atoms with Gasteiger partial charge in [0.15, 0.2) is 0 Å². The molecule has 21 heavy (non-hydrogen) atoms. The summed E-state index contributed by atoms with van der Waals surface area (Å²) >= 11 is 5.90. The highest BCUT2D eigenvalue weighted by Crippen LogP contribution is 2.15. The van der Waals surface area contributed by atoms with Crippen molar-refractivity contribution in [1.29, 1.82) is 0 Å². The molecule has 0 aromatic heterocycles. The molecule has 0 unspecified atom stereocenters. The topological polar surface area (TPSA) is 99.5 Å². The molecule has 0 radical (unpaired) electrons. The summed E-state index contributed by atoms with van der Waals surface area (Å²) in [7, 11) is -2.26. The second-order valence-corrected chi connectivity index (χ2v) is 8.36. The molecule has 0 saturated carbocycles. The fourth-order valence-electron chi connectivity index (χ4n) is 1.05. The van der Waals surface area contributed by atoms with Crippen molar-refractivity contribution in [1.82, 2.24) is 8.61 Å². The monoisotopic (exact) mass is 354 g/mol. The zero-order chi connectivity index (χ0) is 16.4. The van der Waals surface area contributed by atoms with Gasteiger partial charge in [0.05, 0.1) is 16.5 Å². The molecule has 11 heteroatoms. The predicted octanol–water partition coefficient (Wildman–Crippen LogP) is 0.174. The van der Waals surface area contributed by atoms with Gasteiger partial charge in [0.1, 0.15) is 0 Å². The van der Waals surface area contributed by atoms with E-state index in [1.165, 1.54) is 46.4 Å². The van der Waals surface area contributed by atoms with Crippen LogP contribution in [0.25, 0.3) is 0 Å². The first-order valence-corrected chi connectivity index (χ1v) is 8.73. The van der Waals surface area contributed by atoms with Crippen molar-refractivity contribution in [3.8, 4) is 0 Å². The number of hydrogen-bond acceptors (Lipinski definition) is 4. The average Bonchev–Trinajstić information content (AvgIpc) is 2.31. The summed E-state index contributed by atoms with van der Waals surface area (Å²) in [5.74, 6) is 0. The lowest BCUT2D eigenvalue weighted by atomic mass is 10.1. The normalized spacial score (nSPS) is 20.6. The quantitative estimate of drug-likeness (QED) is 0.672. The third kappa shape index (κ3) is 4.71. The highest BCUT2D eigenvalue weighted by Gasteiger charge is 2.18. The molecular formula is C10H15ClN4O4S2. The van der Waals surface area contributed by atoms with E-state index in [2.05, 4.69) is 8.80 Å². The zero-order valence-corrected chi connectivity index (χ0v) is 14.2. The van der Waals surface area contributed by atoms with Crippen molar-refractivity contribution in [2.24, 2.45) is 8.80 Å². The van der Waals surface area contributed by atoms with Crippen molar-refractivity contribution < 1.29 is 16.8 Å². The molecule has 8 nitrogen and oxygen atoms in total. The molecule has 0 saturated heterocycles. The van der Waals surface area contributed by atoms with Crippen molar-refractivity contribution in [3.63, 3.8) is 0 Å². The molecule has 0 N–H and O–H groups in total. The summed E-state index contributed by atoms with van der Waals surface area (Å²) in [6, 6.07) is 0. The predicted molar refractivity (Wildman–Crippen MR) is 83.2 cm³/mol. The largest absolute Gasteiger partial charge is 0.322 e. The Bertz CT molecular complexity index is 746. The molecule has 0 aromatic carbocycles. The Kier molecular flexibility index (Phi) is 5.45. The van der Waals surface area contributed by atoms with E-state index in [1.807, 2.05) is 0 Å². The van der Waals surface area contributed by atoms with Crippen LogP contribution >= 0.6 is 11.6 Å². The average molecular weight is 355 g/mol. The zero-order valence-electron chi connectivity index (χ0n) is 11.8. The molecule has 1 aliphatic carbocycles. The van der Waals surface area contributed by atoms with Crippen LogP contribution in [0.3, 0.4) is 0 Å². The van der Waals surface area contributed by atoms with Crippen LogP contribution in [0.1, 0.15) is 0 Å². The van der Waals surface area contributed by atoms with Gasteiger partial charge in [0, 0.05) is 28.2 Å². The van der Waals surface area contributed by atoms with E-state index in [9.17, 15) is 16.8 Å². The second kappa shape index (κ2) is 6.36. The Morgan fingerprint density at radius 1 is 0.905 bits per heavy atom. The molecule has 1 rings (SSSR count). The molecule has 0 aromatic rings. The van der Waals surface area contributed by atoms with Gasteiger partial charge in [-0.05, 0) is 18.2 Å². The highest BCUT2D eigenvalue weighted by atomic mass is 35.5. The first kappa shape index (κ1) is 18.0. The molecule has 0 bridgehead atoms. The molecule has 0 spiro atoms. The van der Waals surface area contributed by atoms with Gasteiger partial charge in [0.25, 0.3) is 0 Å². The van der Waals surface area contributed by atoms with Crippen LogP contribution in [-0.2, 0) is 20.4 Å². The maximum Gasteiger partial charge on any atom is 0.322 e. The molecule has 118 valence electrons. The van der Waals surface area contributed by atoms with E-state index in [0.717, 1.165) is 8.61 Å². The van der Waals surface area contributed by atoms with Gasteiger partial charge in [-0.1, -0.05) is 11.6 Å². The van der Waals surface area contributed by atoms with Crippen LogP contribution in [0.5, 0.6) is 0 Å². The fourth-order valence-corrected chi connectivity index (χ4v) is 2.43. The fraction of sp³-hybridized carbons (Fsp3) is 0.400. The van der Waals surface area contributed by atoms with Gasteiger partial charge in [0.2, 0.25) is 0 Å². The van der Waals surface area contributed by atoms with E-state index in [1.54, 1.807) is 0 Å². The van der Waals surface area contributed by atoms with Crippen LogP contribution < -0.4 is 0 Å². The maximum absolute atomic E-state index is 11.6. The minimum Gasteiger partial charge on any atom is -0.189 e. The molecule has 0 atom stereocenters. The SMILES string of the molecule is CN(C)S(=O)(=O)N=C1C=CC(=NS(=O)(=O)N(C)C)C(Cl)=C1. The number of halogens is 1. The standard InChI is InChI=1S/C10H15ClN4O4S2/c1-14(2)20(16,17)12-8-5-6-10(9(11)7-8)13-21(18,19)15(3)4/h5-7H,1-4H3.